The minimum atomic E-state index is 0. The topological polar surface area (TPSA) is 28.6 Å². The Kier molecular flexibility index (Phi) is 6.40. The molecule has 1 aromatic heterocycles. The Morgan fingerprint density at radius 1 is 1.00 bits per heavy atom. The monoisotopic (exact) mass is 437 g/mol. The fourth-order valence-electron chi connectivity index (χ4n) is 4.71. The second-order valence-corrected chi connectivity index (χ2v) is 8.46. The molecule has 4 nitrogen and oxygen atoms in total. The molecule has 150 valence electrons. The Balaban J connectivity index is 0.00000112. The van der Waals surface area contributed by atoms with Gasteiger partial charge in [0.25, 0.3) is 0 Å². The van der Waals surface area contributed by atoms with Crippen molar-refractivity contribution in [3.63, 3.8) is 0 Å². The van der Waals surface area contributed by atoms with Crippen molar-refractivity contribution in [1.29, 1.82) is 0 Å². The van der Waals surface area contributed by atoms with Crippen LogP contribution in [0.3, 0.4) is 0 Å². The van der Waals surface area contributed by atoms with Crippen molar-refractivity contribution in [3.8, 4) is 5.75 Å². The molecule has 0 spiro atoms. The fraction of sp³-hybridized carbons (Fsp3) is 0.381. The number of methoxy groups -OCH3 is 1. The molecule has 2 fully saturated rings. The van der Waals surface area contributed by atoms with Crippen LogP contribution >= 0.6 is 36.2 Å². The molecular formula is C21H25Cl2N3OS. The molecule has 7 heteroatoms. The number of thiazole rings is 1. The smallest absolute Gasteiger partial charge is 0.186 e. The third-order valence-electron chi connectivity index (χ3n) is 5.90. The van der Waals surface area contributed by atoms with Gasteiger partial charge in [0.05, 0.1) is 17.3 Å². The Morgan fingerprint density at radius 3 is 2.46 bits per heavy atom. The van der Waals surface area contributed by atoms with Crippen LogP contribution in [0.2, 0.25) is 0 Å². The number of nitrogens with zero attached hydrogens (tertiary/aromatic N) is 3. The normalized spacial score (nSPS) is 23.9. The van der Waals surface area contributed by atoms with Crippen LogP contribution in [0, 0.1) is 11.8 Å². The highest BCUT2D eigenvalue weighted by atomic mass is 35.5. The molecule has 0 bridgehead atoms. The number of para-hydroxylation sites is 1. The Morgan fingerprint density at radius 2 is 1.75 bits per heavy atom. The van der Waals surface area contributed by atoms with E-state index in [-0.39, 0.29) is 24.8 Å². The molecule has 2 saturated heterocycles. The van der Waals surface area contributed by atoms with Crippen molar-refractivity contribution in [2.24, 2.45) is 11.8 Å². The van der Waals surface area contributed by atoms with Crippen LogP contribution < -0.4 is 9.64 Å². The van der Waals surface area contributed by atoms with E-state index < -0.39 is 0 Å². The van der Waals surface area contributed by atoms with Crippen molar-refractivity contribution in [1.82, 2.24) is 9.88 Å². The average Bonchev–Trinajstić information content (AvgIpc) is 3.33. The Hall–Kier alpha value is -1.53. The van der Waals surface area contributed by atoms with Gasteiger partial charge in [-0.25, -0.2) is 4.98 Å². The van der Waals surface area contributed by atoms with Crippen LogP contribution in [0.4, 0.5) is 5.13 Å². The summed E-state index contributed by atoms with van der Waals surface area (Å²) in [5.41, 5.74) is 2.51. The van der Waals surface area contributed by atoms with Crippen molar-refractivity contribution < 1.29 is 4.74 Å². The number of rotatable bonds is 3. The predicted molar refractivity (Wildman–Crippen MR) is 122 cm³/mol. The van der Waals surface area contributed by atoms with E-state index in [1.54, 1.807) is 7.11 Å². The van der Waals surface area contributed by atoms with E-state index >= 15 is 0 Å². The summed E-state index contributed by atoms with van der Waals surface area (Å²) in [7, 11) is 3.98. The van der Waals surface area contributed by atoms with Gasteiger partial charge >= 0.3 is 0 Å². The molecular weight excluding hydrogens is 413 g/mol. The van der Waals surface area contributed by atoms with E-state index in [2.05, 4.69) is 65.4 Å². The summed E-state index contributed by atoms with van der Waals surface area (Å²) in [6.07, 6.45) is 0. The quantitative estimate of drug-likeness (QED) is 0.583. The summed E-state index contributed by atoms with van der Waals surface area (Å²) in [5, 5.41) is 1.18. The first kappa shape index (κ1) is 21.2. The highest BCUT2D eigenvalue weighted by molar-refractivity contribution is 7.22. The molecule has 28 heavy (non-hydrogen) atoms. The van der Waals surface area contributed by atoms with E-state index in [4.69, 9.17) is 9.72 Å². The maximum Gasteiger partial charge on any atom is 0.186 e. The molecule has 3 atom stereocenters. The minimum Gasteiger partial charge on any atom is -0.497 e. The van der Waals surface area contributed by atoms with Gasteiger partial charge < -0.3 is 9.64 Å². The van der Waals surface area contributed by atoms with Crippen LogP contribution in [0.5, 0.6) is 5.75 Å². The van der Waals surface area contributed by atoms with Crippen molar-refractivity contribution >= 4 is 51.5 Å². The first-order valence-electron chi connectivity index (χ1n) is 9.17. The SMILES string of the molecule is COc1ccc([C@@H]2[C@@H]3CN(c4nc5ccccc5s4)C[C@@H]3CN2C)cc1.Cl.Cl. The second-order valence-electron chi connectivity index (χ2n) is 7.45. The van der Waals surface area contributed by atoms with Crippen molar-refractivity contribution in [2.75, 3.05) is 38.7 Å². The molecule has 3 heterocycles. The fourth-order valence-corrected chi connectivity index (χ4v) is 5.70. The summed E-state index contributed by atoms with van der Waals surface area (Å²) in [5.74, 6) is 2.29. The van der Waals surface area contributed by atoms with Crippen LogP contribution in [-0.2, 0) is 0 Å². The zero-order chi connectivity index (χ0) is 17.7. The van der Waals surface area contributed by atoms with Crippen LogP contribution in [0.1, 0.15) is 11.6 Å². The van der Waals surface area contributed by atoms with Gasteiger partial charge in [-0.2, -0.15) is 0 Å². The number of hydrogen-bond acceptors (Lipinski definition) is 5. The van der Waals surface area contributed by atoms with Gasteiger partial charge in [0.2, 0.25) is 0 Å². The zero-order valence-electron chi connectivity index (χ0n) is 15.9. The number of likely N-dealkylation sites (tertiary alicyclic amines) is 1. The van der Waals surface area contributed by atoms with Gasteiger partial charge in [-0.1, -0.05) is 35.6 Å². The van der Waals surface area contributed by atoms with Gasteiger partial charge in [0.1, 0.15) is 5.75 Å². The first-order chi connectivity index (χ1) is 12.7. The highest BCUT2D eigenvalue weighted by Gasteiger charge is 2.46. The van der Waals surface area contributed by atoms with Gasteiger partial charge in [-0.05, 0) is 42.8 Å². The molecule has 2 aliphatic heterocycles. The van der Waals surface area contributed by atoms with Crippen LogP contribution in [-0.4, -0.2) is 43.7 Å². The zero-order valence-corrected chi connectivity index (χ0v) is 18.4. The summed E-state index contributed by atoms with van der Waals surface area (Å²) in [4.78, 5) is 9.90. The number of ether oxygens (including phenoxy) is 1. The van der Waals surface area contributed by atoms with Crippen molar-refractivity contribution in [3.05, 3.63) is 54.1 Å². The lowest BCUT2D eigenvalue weighted by atomic mass is 9.89. The molecule has 3 aromatic rings. The lowest BCUT2D eigenvalue weighted by Gasteiger charge is -2.26. The molecule has 2 aromatic carbocycles. The summed E-state index contributed by atoms with van der Waals surface area (Å²) >= 11 is 1.82. The largest absolute Gasteiger partial charge is 0.497 e. The van der Waals surface area contributed by atoms with Crippen molar-refractivity contribution in [2.45, 2.75) is 6.04 Å². The van der Waals surface area contributed by atoms with E-state index in [1.807, 2.05) is 11.3 Å². The van der Waals surface area contributed by atoms with Crippen LogP contribution in [0.25, 0.3) is 10.2 Å². The molecule has 0 unspecified atom stereocenters. The average molecular weight is 438 g/mol. The molecule has 0 N–H and O–H groups in total. The number of halogens is 2. The first-order valence-corrected chi connectivity index (χ1v) is 9.99. The van der Waals surface area contributed by atoms with Gasteiger partial charge in [-0.3, -0.25) is 4.90 Å². The Bertz CT molecular complexity index is 900. The molecule has 0 amide bonds. The van der Waals surface area contributed by atoms with Gasteiger partial charge in [0, 0.05) is 31.6 Å². The second kappa shape index (κ2) is 8.46. The number of benzene rings is 2. The van der Waals surface area contributed by atoms with Gasteiger partial charge in [-0.15, -0.1) is 24.8 Å². The van der Waals surface area contributed by atoms with Gasteiger partial charge in [0.15, 0.2) is 5.13 Å². The van der Waals surface area contributed by atoms with E-state index in [0.29, 0.717) is 17.9 Å². The number of hydrogen-bond donors (Lipinski definition) is 0. The molecule has 0 saturated carbocycles. The number of fused-ring (bicyclic) bond motifs is 2. The maximum atomic E-state index is 5.32. The summed E-state index contributed by atoms with van der Waals surface area (Å²) < 4.78 is 6.60. The predicted octanol–water partition coefficient (Wildman–Crippen LogP) is 4.89. The lowest BCUT2D eigenvalue weighted by Crippen LogP contribution is -2.28. The molecule has 0 aliphatic carbocycles. The highest BCUT2D eigenvalue weighted by Crippen LogP contribution is 2.46. The molecule has 0 radical (unpaired) electrons. The summed E-state index contributed by atoms with van der Waals surface area (Å²) in [6, 6.07) is 17.5. The third-order valence-corrected chi connectivity index (χ3v) is 7.00. The van der Waals surface area contributed by atoms with E-state index in [1.165, 1.54) is 15.4 Å². The van der Waals surface area contributed by atoms with E-state index in [9.17, 15) is 0 Å². The third kappa shape index (κ3) is 3.57. The molecule has 5 rings (SSSR count). The lowest BCUT2D eigenvalue weighted by molar-refractivity contribution is 0.279. The maximum absolute atomic E-state index is 5.32. The minimum absolute atomic E-state index is 0. The van der Waals surface area contributed by atoms with E-state index in [0.717, 1.165) is 30.9 Å². The standard InChI is InChI=1S/C21H23N3OS.2ClH/c1-23-11-15-12-24(21-22-18-5-3-4-6-19(18)26-21)13-17(15)20(23)14-7-9-16(25-2)10-8-14;;/h3-10,15,17,20H,11-13H2,1-2H3;2*1H/t15-,17+,20+;;/m0../s1. The summed E-state index contributed by atoms with van der Waals surface area (Å²) in [6.45, 7) is 3.36. The number of aromatic nitrogens is 1. The Labute approximate surface area is 182 Å². The number of anilines is 1. The van der Waals surface area contributed by atoms with Crippen LogP contribution in [0.15, 0.2) is 48.5 Å². The molecule has 2 aliphatic rings.